The summed E-state index contributed by atoms with van der Waals surface area (Å²) in [6, 6.07) is 13.6. The molecule has 0 radical (unpaired) electrons. The summed E-state index contributed by atoms with van der Waals surface area (Å²) in [7, 11) is 3.60. The van der Waals surface area contributed by atoms with E-state index < -0.39 is 18.7 Å². The maximum atomic E-state index is 13.0. The number of methoxy groups -OCH3 is 1. The molecule has 37 heavy (non-hydrogen) atoms. The second-order valence-electron chi connectivity index (χ2n) is 8.44. The summed E-state index contributed by atoms with van der Waals surface area (Å²) >= 11 is 0. The van der Waals surface area contributed by atoms with Crippen molar-refractivity contribution in [3.63, 3.8) is 0 Å². The van der Waals surface area contributed by atoms with Crippen molar-refractivity contribution in [2.75, 3.05) is 39.1 Å². The van der Waals surface area contributed by atoms with Crippen molar-refractivity contribution in [2.45, 2.75) is 32.0 Å². The smallest absolute Gasteiger partial charge is 0.495 e. The van der Waals surface area contributed by atoms with Gasteiger partial charge in [0.1, 0.15) is 12.3 Å². The predicted octanol–water partition coefficient (Wildman–Crippen LogP) is 2.28. The third-order valence-corrected chi connectivity index (χ3v) is 5.68. The molecule has 1 aromatic heterocycles. The summed E-state index contributed by atoms with van der Waals surface area (Å²) < 4.78 is 45.2. The molecule has 0 unspecified atom stereocenters. The Hall–Kier alpha value is -2.64. The van der Waals surface area contributed by atoms with Gasteiger partial charge in [-0.1, -0.05) is 18.3 Å². The second-order valence-corrected chi connectivity index (χ2v) is 8.44. The molecule has 0 bridgehead atoms. The molecule has 4 rings (SSSR count). The molecule has 2 N–H and O–H groups in total. The first-order chi connectivity index (χ1) is 17.2. The number of hydrogen-bond acceptors (Lipinski definition) is 4. The average Bonchev–Trinajstić information content (AvgIpc) is 3.18. The third kappa shape index (κ3) is 9.31. The number of anilines is 1. The van der Waals surface area contributed by atoms with Crippen molar-refractivity contribution in [2.24, 2.45) is 0 Å². The fourth-order valence-corrected chi connectivity index (χ4v) is 3.89. The number of nitrogens with zero attached hydrogens (tertiary/aromatic N) is 2. The van der Waals surface area contributed by atoms with Crippen LogP contribution >= 0.6 is 0 Å². The first kappa shape index (κ1) is 30.6. The zero-order valence-electron chi connectivity index (χ0n) is 21.3. The van der Waals surface area contributed by atoms with Gasteiger partial charge < -0.3 is 24.6 Å². The molecule has 2 heterocycles. The first-order valence-electron chi connectivity index (χ1n) is 11.6. The summed E-state index contributed by atoms with van der Waals surface area (Å²) in [5.74, 6) is 4.80. The number of hydrogen-bond donors (Lipinski definition) is 2. The van der Waals surface area contributed by atoms with Crippen LogP contribution in [-0.2, 0) is 6.54 Å². The quantitative estimate of drug-likeness (QED) is 0.305. The zero-order valence-corrected chi connectivity index (χ0v) is 23.3. The van der Waals surface area contributed by atoms with Gasteiger partial charge in [-0.25, -0.2) is 4.79 Å². The van der Waals surface area contributed by atoms with Crippen LogP contribution in [0.2, 0.25) is 0 Å². The van der Waals surface area contributed by atoms with Gasteiger partial charge in [0.15, 0.2) is 0 Å². The van der Waals surface area contributed by atoms with E-state index >= 15 is 0 Å². The number of nitrogens with one attached hydrogen (secondary N) is 1. The van der Waals surface area contributed by atoms with E-state index in [9.17, 15) is 18.0 Å². The van der Waals surface area contributed by atoms with Crippen LogP contribution in [0.3, 0.4) is 0 Å². The minimum Gasteiger partial charge on any atom is -0.495 e. The second kappa shape index (κ2) is 14.3. The van der Waals surface area contributed by atoms with Crippen LogP contribution in [0.1, 0.15) is 35.3 Å². The summed E-state index contributed by atoms with van der Waals surface area (Å²) in [4.78, 5) is 13.4. The first-order valence-corrected chi connectivity index (χ1v) is 11.6. The number of ether oxygens (including phenoxy) is 1. The van der Waals surface area contributed by atoms with Crippen molar-refractivity contribution in [1.82, 2.24) is 9.47 Å². The molecule has 0 atom stereocenters. The molecule has 1 aliphatic rings. The zero-order chi connectivity index (χ0) is 26.1. The minimum atomic E-state index is -4.38. The van der Waals surface area contributed by atoms with Gasteiger partial charge in [0, 0.05) is 5.69 Å². The fraction of sp³-hybridized carbons (Fsp3) is 0.370. The molecule has 0 saturated carbocycles. The van der Waals surface area contributed by atoms with E-state index in [2.05, 4.69) is 35.2 Å². The Morgan fingerprint density at radius 1 is 1.19 bits per heavy atom. The molecule has 192 valence electrons. The number of carboxylic acids is 1. The molecular weight excluding hydrogens is 494 g/mol. The number of fused-ring (bicyclic) bond motifs is 1. The van der Waals surface area contributed by atoms with Gasteiger partial charge in [0.05, 0.1) is 24.9 Å². The average molecular weight is 524 g/mol. The Kier molecular flexibility index (Phi) is 11.9. The number of alkyl halides is 3. The predicted molar refractivity (Wildman–Crippen MR) is 133 cm³/mol. The van der Waals surface area contributed by atoms with Gasteiger partial charge in [-0.2, -0.15) is 13.2 Å². The number of carboxylic acid groups (broad SMARTS) is 1. The number of halogens is 3. The van der Waals surface area contributed by atoms with Crippen molar-refractivity contribution >= 4 is 22.6 Å². The Labute approximate surface area is 237 Å². The summed E-state index contributed by atoms with van der Waals surface area (Å²) in [6.45, 7) is 1.62. The minimum absolute atomic E-state index is 0. The summed E-state index contributed by atoms with van der Waals surface area (Å²) in [5, 5.41) is 12.5. The Bertz CT molecular complexity index is 1240. The van der Waals surface area contributed by atoms with Gasteiger partial charge in [-0.05, 0) is 56.7 Å². The number of benzene rings is 2. The Balaban J connectivity index is 0.000000520. The van der Waals surface area contributed by atoms with E-state index in [1.54, 1.807) is 30.3 Å². The molecule has 0 spiro atoms. The monoisotopic (exact) mass is 523 g/mol. The van der Waals surface area contributed by atoms with Gasteiger partial charge in [-0.15, -0.1) is 35.7 Å². The molecule has 10 heteroatoms. The topological polar surface area (TPSA) is 66.7 Å². The van der Waals surface area contributed by atoms with Crippen LogP contribution in [0, 0.1) is 17.9 Å². The summed E-state index contributed by atoms with van der Waals surface area (Å²) in [5.41, 5.74) is 1.24. The number of aromatic carboxylic acids is 1. The van der Waals surface area contributed by atoms with Gasteiger partial charge in [-0.3, -0.25) is 0 Å². The SMILES string of the molecule is CN1CCCCC1.COc1cc(C(=O)O)ccc1NCC#Cc1cc2[c-]cccc2n1CC(F)(F)F.[Na+]. The Morgan fingerprint density at radius 2 is 1.92 bits per heavy atom. The number of aromatic nitrogens is 1. The maximum absolute atomic E-state index is 13.0. The van der Waals surface area contributed by atoms with E-state index in [-0.39, 0.29) is 47.4 Å². The van der Waals surface area contributed by atoms with E-state index in [1.165, 1.54) is 51.6 Å². The number of carbonyl (C=O) groups is 1. The van der Waals surface area contributed by atoms with Crippen molar-refractivity contribution in [3.8, 4) is 17.6 Å². The molecule has 1 aliphatic heterocycles. The fourth-order valence-electron chi connectivity index (χ4n) is 3.89. The van der Waals surface area contributed by atoms with Crippen LogP contribution in [0.25, 0.3) is 10.9 Å². The van der Waals surface area contributed by atoms with Crippen LogP contribution in [-0.4, -0.2) is 60.5 Å². The third-order valence-electron chi connectivity index (χ3n) is 5.68. The standard InChI is InChI=1S/C21H16F3N2O3.C6H13N.Na/c1-29-19-12-15(20(27)28)8-9-17(19)25-10-4-6-16-11-14-5-2-3-7-18(14)26(16)13-21(22,23)24;1-7-5-3-2-4-6-7;/h2-3,7-9,11-12,25H,10,13H2,1H3,(H,27,28);2-6H2,1H3;/q-1;;+1. The molecular formula is C27H29F3N3NaO3. The van der Waals surface area contributed by atoms with Crippen LogP contribution in [0.4, 0.5) is 18.9 Å². The largest absolute Gasteiger partial charge is 1.00 e. The van der Waals surface area contributed by atoms with E-state index in [0.29, 0.717) is 22.3 Å². The molecule has 1 fully saturated rings. The van der Waals surface area contributed by atoms with E-state index in [4.69, 9.17) is 9.84 Å². The van der Waals surface area contributed by atoms with Crippen molar-refractivity contribution in [3.05, 3.63) is 59.8 Å². The molecule has 3 aromatic rings. The number of piperidine rings is 1. The van der Waals surface area contributed by atoms with Crippen LogP contribution in [0.5, 0.6) is 5.75 Å². The summed E-state index contributed by atoms with van der Waals surface area (Å²) in [6.07, 6.45) is -0.104. The van der Waals surface area contributed by atoms with Crippen LogP contribution < -0.4 is 39.6 Å². The molecule has 0 aliphatic carbocycles. The van der Waals surface area contributed by atoms with Crippen molar-refractivity contribution < 1.29 is 57.4 Å². The number of rotatable bonds is 5. The maximum Gasteiger partial charge on any atom is 1.00 e. The van der Waals surface area contributed by atoms with E-state index in [0.717, 1.165) is 4.57 Å². The van der Waals surface area contributed by atoms with Gasteiger partial charge in [0.25, 0.3) is 0 Å². The van der Waals surface area contributed by atoms with Gasteiger partial charge >= 0.3 is 41.7 Å². The number of likely N-dealkylation sites (tertiary alicyclic amines) is 1. The molecule has 2 aromatic carbocycles. The molecule has 6 nitrogen and oxygen atoms in total. The van der Waals surface area contributed by atoms with Crippen LogP contribution in [0.15, 0.2) is 42.5 Å². The van der Waals surface area contributed by atoms with Crippen molar-refractivity contribution in [1.29, 1.82) is 0 Å². The normalized spacial score (nSPS) is 13.4. The Morgan fingerprint density at radius 3 is 2.51 bits per heavy atom. The van der Waals surface area contributed by atoms with Gasteiger partial charge in [0.2, 0.25) is 0 Å². The van der Waals surface area contributed by atoms with E-state index in [1.807, 2.05) is 0 Å². The molecule has 1 saturated heterocycles. The molecule has 0 amide bonds.